The number of carbonyl (C=O) groups is 1. The number of carbonyl (C=O) groups excluding carboxylic acids is 1. The van der Waals surface area contributed by atoms with Crippen molar-refractivity contribution in [2.75, 3.05) is 19.9 Å². The summed E-state index contributed by atoms with van der Waals surface area (Å²) in [6.45, 7) is 0.546. The molecular weight excluding hydrogens is 330 g/mol. The van der Waals surface area contributed by atoms with Crippen molar-refractivity contribution in [2.24, 2.45) is 0 Å². The molecule has 23 heavy (non-hydrogen) atoms. The largest absolute Gasteiger partial charge is 0.496 e. The quantitative estimate of drug-likeness (QED) is 0.748. The van der Waals surface area contributed by atoms with Gasteiger partial charge >= 0.3 is 0 Å². The molecule has 0 radical (unpaired) electrons. The minimum absolute atomic E-state index is 0.106. The number of hydrogen-bond donors (Lipinski definition) is 0. The standard InChI is InChI=1S/C18H20ClNO2S/c1-20(11-15-5-3-4-6-17(15)22-2)18(21)13-23-12-14-7-9-16(19)10-8-14/h3-10H,11-13H2,1-2H3. The number of methoxy groups -OCH3 is 1. The Kier molecular flexibility index (Phi) is 6.81. The zero-order valence-electron chi connectivity index (χ0n) is 13.3. The number of thioether (sulfide) groups is 1. The fourth-order valence-corrected chi connectivity index (χ4v) is 3.18. The van der Waals surface area contributed by atoms with E-state index in [4.69, 9.17) is 16.3 Å². The molecule has 0 aliphatic rings. The monoisotopic (exact) mass is 349 g/mol. The second-order valence-electron chi connectivity index (χ2n) is 5.18. The van der Waals surface area contributed by atoms with E-state index in [1.807, 2.05) is 55.6 Å². The molecular formula is C18H20ClNO2S. The van der Waals surface area contributed by atoms with Crippen LogP contribution in [0.3, 0.4) is 0 Å². The Balaban J connectivity index is 1.81. The molecule has 2 aromatic carbocycles. The van der Waals surface area contributed by atoms with E-state index in [1.54, 1.807) is 23.8 Å². The Morgan fingerprint density at radius 3 is 2.57 bits per heavy atom. The van der Waals surface area contributed by atoms with Crippen LogP contribution in [0.2, 0.25) is 5.02 Å². The lowest BCUT2D eigenvalue weighted by molar-refractivity contribution is -0.127. The molecule has 0 aliphatic heterocycles. The van der Waals surface area contributed by atoms with E-state index < -0.39 is 0 Å². The van der Waals surface area contributed by atoms with Crippen LogP contribution in [0.4, 0.5) is 0 Å². The third-order valence-corrected chi connectivity index (χ3v) is 4.67. The van der Waals surface area contributed by atoms with Gasteiger partial charge < -0.3 is 9.64 Å². The van der Waals surface area contributed by atoms with Crippen molar-refractivity contribution in [1.29, 1.82) is 0 Å². The summed E-state index contributed by atoms with van der Waals surface area (Å²) >= 11 is 7.47. The highest BCUT2D eigenvalue weighted by atomic mass is 35.5. The summed E-state index contributed by atoms with van der Waals surface area (Å²) in [5.74, 6) is 2.16. The SMILES string of the molecule is COc1ccccc1CN(C)C(=O)CSCc1ccc(Cl)cc1. The highest BCUT2D eigenvalue weighted by Crippen LogP contribution is 2.20. The van der Waals surface area contributed by atoms with Crippen molar-refractivity contribution >= 4 is 29.3 Å². The summed E-state index contributed by atoms with van der Waals surface area (Å²) in [5, 5.41) is 0.728. The number of para-hydroxylation sites is 1. The molecule has 0 saturated heterocycles. The molecule has 0 unspecified atom stereocenters. The molecule has 1 amide bonds. The Morgan fingerprint density at radius 2 is 1.87 bits per heavy atom. The minimum Gasteiger partial charge on any atom is -0.496 e. The van der Waals surface area contributed by atoms with Crippen molar-refractivity contribution < 1.29 is 9.53 Å². The normalized spacial score (nSPS) is 10.4. The summed E-state index contributed by atoms with van der Waals surface area (Å²) in [6.07, 6.45) is 0. The molecule has 122 valence electrons. The van der Waals surface area contributed by atoms with Crippen LogP contribution in [0, 0.1) is 0 Å². The van der Waals surface area contributed by atoms with Gasteiger partial charge in [-0.1, -0.05) is 41.9 Å². The van der Waals surface area contributed by atoms with Gasteiger partial charge in [0, 0.05) is 29.9 Å². The number of hydrogen-bond acceptors (Lipinski definition) is 3. The van der Waals surface area contributed by atoms with E-state index in [2.05, 4.69) is 0 Å². The molecule has 0 bridgehead atoms. The van der Waals surface area contributed by atoms with Crippen LogP contribution in [0.15, 0.2) is 48.5 Å². The van der Waals surface area contributed by atoms with E-state index in [9.17, 15) is 4.79 Å². The van der Waals surface area contributed by atoms with Gasteiger partial charge in [-0.15, -0.1) is 11.8 Å². The summed E-state index contributed by atoms with van der Waals surface area (Å²) in [4.78, 5) is 14.0. The fraction of sp³-hybridized carbons (Fsp3) is 0.278. The zero-order valence-corrected chi connectivity index (χ0v) is 14.9. The van der Waals surface area contributed by atoms with E-state index in [0.717, 1.165) is 22.1 Å². The first-order chi connectivity index (χ1) is 11.1. The highest BCUT2D eigenvalue weighted by molar-refractivity contribution is 7.99. The predicted octanol–water partition coefficient (Wildman–Crippen LogP) is 4.24. The zero-order chi connectivity index (χ0) is 16.7. The van der Waals surface area contributed by atoms with Gasteiger partial charge in [0.15, 0.2) is 0 Å². The summed E-state index contributed by atoms with van der Waals surface area (Å²) in [7, 11) is 3.46. The lowest BCUT2D eigenvalue weighted by Crippen LogP contribution is -2.28. The second kappa shape index (κ2) is 8.85. The van der Waals surface area contributed by atoms with Crippen LogP contribution in [0.25, 0.3) is 0 Å². The average molecular weight is 350 g/mol. The number of nitrogens with zero attached hydrogens (tertiary/aromatic N) is 1. The summed E-state index contributed by atoms with van der Waals surface area (Å²) in [5.41, 5.74) is 2.17. The van der Waals surface area contributed by atoms with Crippen LogP contribution in [-0.4, -0.2) is 30.7 Å². The van der Waals surface area contributed by atoms with Gasteiger partial charge in [0.2, 0.25) is 5.91 Å². The number of ether oxygens (including phenoxy) is 1. The highest BCUT2D eigenvalue weighted by Gasteiger charge is 2.11. The molecule has 0 aliphatic carbocycles. The molecule has 5 heteroatoms. The lowest BCUT2D eigenvalue weighted by atomic mass is 10.2. The molecule has 0 heterocycles. The Labute approximate surface area is 146 Å². The predicted molar refractivity (Wildman–Crippen MR) is 97.1 cm³/mol. The second-order valence-corrected chi connectivity index (χ2v) is 6.60. The van der Waals surface area contributed by atoms with Crippen LogP contribution < -0.4 is 4.74 Å². The molecule has 0 fully saturated rings. The van der Waals surface area contributed by atoms with E-state index in [0.29, 0.717) is 12.3 Å². The fourth-order valence-electron chi connectivity index (χ4n) is 2.12. The van der Waals surface area contributed by atoms with Crippen LogP contribution >= 0.6 is 23.4 Å². The first-order valence-electron chi connectivity index (χ1n) is 7.28. The van der Waals surface area contributed by atoms with Gasteiger partial charge in [-0.25, -0.2) is 0 Å². The van der Waals surface area contributed by atoms with Crippen LogP contribution in [0.5, 0.6) is 5.75 Å². The van der Waals surface area contributed by atoms with Crippen molar-refractivity contribution in [3.63, 3.8) is 0 Å². The maximum atomic E-state index is 12.2. The molecule has 0 saturated carbocycles. The van der Waals surface area contributed by atoms with E-state index >= 15 is 0 Å². The Bertz CT molecular complexity index is 646. The third kappa shape index (κ3) is 5.48. The molecule has 0 spiro atoms. The summed E-state index contributed by atoms with van der Waals surface area (Å²) in [6, 6.07) is 15.5. The van der Waals surface area contributed by atoms with Gasteiger partial charge in [0.05, 0.1) is 12.9 Å². The van der Waals surface area contributed by atoms with E-state index in [-0.39, 0.29) is 5.91 Å². The summed E-state index contributed by atoms with van der Waals surface area (Å²) < 4.78 is 5.32. The van der Waals surface area contributed by atoms with Gasteiger partial charge in [0.1, 0.15) is 5.75 Å². The Hall–Kier alpha value is -1.65. The van der Waals surface area contributed by atoms with Crippen LogP contribution in [-0.2, 0) is 17.1 Å². The number of benzene rings is 2. The number of rotatable bonds is 7. The number of amides is 1. The topological polar surface area (TPSA) is 29.5 Å². The minimum atomic E-state index is 0.106. The average Bonchev–Trinajstić information content (AvgIpc) is 2.57. The van der Waals surface area contributed by atoms with Crippen LogP contribution in [0.1, 0.15) is 11.1 Å². The van der Waals surface area contributed by atoms with Gasteiger partial charge in [0.25, 0.3) is 0 Å². The van der Waals surface area contributed by atoms with Gasteiger partial charge in [-0.2, -0.15) is 0 Å². The lowest BCUT2D eigenvalue weighted by Gasteiger charge is -2.18. The molecule has 0 N–H and O–H groups in total. The van der Waals surface area contributed by atoms with Crippen molar-refractivity contribution in [3.8, 4) is 5.75 Å². The van der Waals surface area contributed by atoms with Crippen molar-refractivity contribution in [3.05, 3.63) is 64.7 Å². The third-order valence-electron chi connectivity index (χ3n) is 3.43. The molecule has 0 atom stereocenters. The van der Waals surface area contributed by atoms with Gasteiger partial charge in [-0.05, 0) is 23.8 Å². The van der Waals surface area contributed by atoms with Crippen molar-refractivity contribution in [1.82, 2.24) is 4.90 Å². The van der Waals surface area contributed by atoms with Gasteiger partial charge in [-0.3, -0.25) is 4.79 Å². The molecule has 0 aromatic heterocycles. The maximum Gasteiger partial charge on any atom is 0.232 e. The maximum absolute atomic E-state index is 12.2. The number of halogens is 1. The molecule has 3 nitrogen and oxygen atoms in total. The van der Waals surface area contributed by atoms with E-state index in [1.165, 1.54) is 5.56 Å². The first-order valence-corrected chi connectivity index (χ1v) is 8.81. The molecule has 2 rings (SSSR count). The molecule has 2 aromatic rings. The Morgan fingerprint density at radius 1 is 1.17 bits per heavy atom. The van der Waals surface area contributed by atoms with Crippen molar-refractivity contribution in [2.45, 2.75) is 12.3 Å². The smallest absolute Gasteiger partial charge is 0.232 e. The first kappa shape index (κ1) is 17.7.